The zero-order valence-electron chi connectivity index (χ0n) is 26.5. The second kappa shape index (κ2) is 15.9. The van der Waals surface area contributed by atoms with E-state index in [1.807, 2.05) is 48.5 Å². The molecule has 0 aliphatic rings. The van der Waals surface area contributed by atoms with E-state index in [1.54, 1.807) is 0 Å². The highest BCUT2D eigenvalue weighted by Gasteiger charge is 2.13. The van der Waals surface area contributed by atoms with Crippen LogP contribution in [0.4, 0.5) is 17.1 Å². The Morgan fingerprint density at radius 1 is 0.532 bits per heavy atom. The molecule has 0 N–H and O–H groups in total. The molecule has 0 radical (unpaired) electrons. The van der Waals surface area contributed by atoms with Crippen LogP contribution in [0.5, 0.6) is 0 Å². The highest BCUT2D eigenvalue weighted by atomic mass is 16.5. The zero-order valence-corrected chi connectivity index (χ0v) is 26.5. The van der Waals surface area contributed by atoms with Gasteiger partial charge in [-0.25, -0.2) is 9.59 Å². The zero-order chi connectivity index (χ0) is 33.0. The molecule has 0 spiro atoms. The average molecular weight is 620 g/mol. The molecule has 0 saturated carbocycles. The maximum Gasteiger partial charge on any atom is 0.330 e. The molecule has 0 aliphatic carbocycles. The normalized spacial score (nSPS) is 10.7. The lowest BCUT2D eigenvalue weighted by Gasteiger charge is -2.26. The number of hydrogen-bond acceptors (Lipinski definition) is 5. The molecule has 0 unspecified atom stereocenters. The summed E-state index contributed by atoms with van der Waals surface area (Å²) in [5, 5.41) is 0. The van der Waals surface area contributed by atoms with Gasteiger partial charge in [-0.2, -0.15) is 0 Å². The van der Waals surface area contributed by atoms with Gasteiger partial charge < -0.3 is 14.4 Å². The maximum atomic E-state index is 11.5. The van der Waals surface area contributed by atoms with Gasteiger partial charge in [0, 0.05) is 29.2 Å². The van der Waals surface area contributed by atoms with Gasteiger partial charge in [0.05, 0.1) is 0 Å². The smallest absolute Gasteiger partial charge is 0.330 e. The van der Waals surface area contributed by atoms with Crippen LogP contribution in [0.25, 0.3) is 12.2 Å². The first-order valence-corrected chi connectivity index (χ1v) is 15.4. The number of rotatable bonds is 13. The van der Waals surface area contributed by atoms with Gasteiger partial charge in [0.15, 0.2) is 0 Å². The van der Waals surface area contributed by atoms with E-state index in [1.165, 1.54) is 22.8 Å². The van der Waals surface area contributed by atoms with Crippen LogP contribution < -0.4 is 4.90 Å². The number of ether oxygens (including phenoxy) is 2. The molecule has 5 rings (SSSR count). The van der Waals surface area contributed by atoms with E-state index >= 15 is 0 Å². The fourth-order valence-corrected chi connectivity index (χ4v) is 4.97. The van der Waals surface area contributed by atoms with Gasteiger partial charge in [-0.3, -0.25) is 0 Å². The van der Waals surface area contributed by atoms with Crippen molar-refractivity contribution in [1.82, 2.24) is 0 Å². The standard InChI is InChI=1S/C42H37NO4/c1-4-41(44)46-29-36-16-12-33(13-17-36)9-8-32-10-14-34(15-11-32)28-35-18-24-39(25-19-35)43(38-22-6-31(3)7-23-38)40-26-20-37(21-27-40)30-47-42(45)5-2/h4-27H,1-2,28-30H2,3H3/b9-8+. The van der Waals surface area contributed by atoms with Crippen molar-refractivity contribution in [1.29, 1.82) is 0 Å². The molecule has 0 bridgehead atoms. The number of carbonyl (C=O) groups is 2. The fourth-order valence-electron chi connectivity index (χ4n) is 4.97. The third-order valence-corrected chi connectivity index (χ3v) is 7.61. The molecular weight excluding hydrogens is 582 g/mol. The van der Waals surface area contributed by atoms with E-state index in [-0.39, 0.29) is 13.2 Å². The largest absolute Gasteiger partial charge is 0.458 e. The van der Waals surface area contributed by atoms with Crippen molar-refractivity contribution in [2.45, 2.75) is 26.6 Å². The van der Waals surface area contributed by atoms with E-state index < -0.39 is 11.9 Å². The summed E-state index contributed by atoms with van der Waals surface area (Å²) in [7, 11) is 0. The summed E-state index contributed by atoms with van der Waals surface area (Å²) in [6, 6.07) is 41.7. The molecule has 0 heterocycles. The molecule has 0 amide bonds. The fraction of sp³-hybridized carbons (Fsp3) is 0.0952. The van der Waals surface area contributed by atoms with Gasteiger partial charge in [0.2, 0.25) is 0 Å². The van der Waals surface area contributed by atoms with Crippen LogP contribution in [0.15, 0.2) is 147 Å². The summed E-state index contributed by atoms with van der Waals surface area (Å²) >= 11 is 0. The molecule has 0 saturated heterocycles. The first kappa shape index (κ1) is 32.5. The lowest BCUT2D eigenvalue weighted by molar-refractivity contribution is -0.139. The Kier molecular flexibility index (Phi) is 11.0. The Bertz CT molecular complexity index is 1840. The number of nitrogens with zero attached hydrogens (tertiary/aromatic N) is 1. The number of esters is 2. The van der Waals surface area contributed by atoms with Crippen molar-refractivity contribution in [3.8, 4) is 0 Å². The minimum Gasteiger partial charge on any atom is -0.458 e. The van der Waals surface area contributed by atoms with Crippen molar-refractivity contribution in [2.75, 3.05) is 4.90 Å². The first-order valence-electron chi connectivity index (χ1n) is 15.4. The van der Waals surface area contributed by atoms with Gasteiger partial charge in [0.25, 0.3) is 0 Å². The van der Waals surface area contributed by atoms with E-state index in [9.17, 15) is 9.59 Å². The monoisotopic (exact) mass is 619 g/mol. The van der Waals surface area contributed by atoms with Gasteiger partial charge in [-0.15, -0.1) is 0 Å². The molecule has 0 aliphatic heterocycles. The third-order valence-electron chi connectivity index (χ3n) is 7.61. The van der Waals surface area contributed by atoms with Crippen LogP contribution in [-0.2, 0) is 38.7 Å². The van der Waals surface area contributed by atoms with Crippen LogP contribution in [-0.4, -0.2) is 11.9 Å². The van der Waals surface area contributed by atoms with E-state index in [4.69, 9.17) is 9.47 Å². The number of carbonyl (C=O) groups excluding carboxylic acids is 2. The Hall–Kier alpha value is -5.94. The van der Waals surface area contributed by atoms with E-state index in [2.05, 4.69) is 110 Å². The summed E-state index contributed by atoms with van der Waals surface area (Å²) < 4.78 is 10.3. The van der Waals surface area contributed by atoms with E-state index in [0.29, 0.717) is 0 Å². The molecule has 0 fully saturated rings. The van der Waals surface area contributed by atoms with Gasteiger partial charge >= 0.3 is 11.9 Å². The van der Waals surface area contributed by atoms with Gasteiger partial charge in [-0.05, 0) is 83.1 Å². The third kappa shape index (κ3) is 9.28. The van der Waals surface area contributed by atoms with Gasteiger partial charge in [-0.1, -0.05) is 116 Å². The van der Waals surface area contributed by atoms with Crippen LogP contribution in [0.2, 0.25) is 0 Å². The average Bonchev–Trinajstić information content (AvgIpc) is 3.11. The molecule has 5 aromatic carbocycles. The number of hydrogen-bond donors (Lipinski definition) is 0. The lowest BCUT2D eigenvalue weighted by atomic mass is 10.0. The number of benzene rings is 5. The summed E-state index contributed by atoms with van der Waals surface area (Å²) in [4.78, 5) is 25.0. The summed E-state index contributed by atoms with van der Waals surface area (Å²) in [5.74, 6) is -0.862. The Morgan fingerprint density at radius 3 is 1.28 bits per heavy atom. The SMILES string of the molecule is C=CC(=O)OCc1ccc(/C=C/c2ccc(Cc3ccc(N(c4ccc(C)cc4)c4ccc(COC(=O)C=C)cc4)cc3)cc2)cc1. The molecule has 234 valence electrons. The van der Waals surface area contributed by atoms with Crippen molar-refractivity contribution < 1.29 is 19.1 Å². The summed E-state index contributed by atoms with van der Waals surface area (Å²) in [5.41, 5.74) is 10.8. The minimum absolute atomic E-state index is 0.202. The van der Waals surface area contributed by atoms with Crippen LogP contribution >= 0.6 is 0 Å². The minimum atomic E-state index is -0.436. The van der Waals surface area contributed by atoms with Crippen molar-refractivity contribution in [3.05, 3.63) is 186 Å². The van der Waals surface area contributed by atoms with Gasteiger partial charge in [0.1, 0.15) is 13.2 Å². The van der Waals surface area contributed by atoms with Crippen molar-refractivity contribution >= 4 is 41.2 Å². The quantitative estimate of drug-likeness (QED) is 0.0746. The maximum absolute atomic E-state index is 11.5. The van der Waals surface area contributed by atoms with Crippen LogP contribution in [0.1, 0.15) is 38.9 Å². The first-order chi connectivity index (χ1) is 22.9. The highest BCUT2D eigenvalue weighted by Crippen LogP contribution is 2.35. The molecule has 5 aromatic rings. The molecule has 5 nitrogen and oxygen atoms in total. The molecule has 0 aromatic heterocycles. The Labute approximate surface area is 276 Å². The Morgan fingerprint density at radius 2 is 0.872 bits per heavy atom. The Balaban J connectivity index is 1.24. The molecule has 0 atom stereocenters. The summed E-state index contributed by atoms with van der Waals surface area (Å²) in [6.07, 6.45) is 7.31. The highest BCUT2D eigenvalue weighted by molar-refractivity contribution is 5.81. The van der Waals surface area contributed by atoms with E-state index in [0.717, 1.165) is 51.8 Å². The molecule has 47 heavy (non-hydrogen) atoms. The topological polar surface area (TPSA) is 55.8 Å². The predicted molar refractivity (Wildman–Crippen MR) is 190 cm³/mol. The van der Waals surface area contributed by atoms with Crippen LogP contribution in [0.3, 0.4) is 0 Å². The predicted octanol–water partition coefficient (Wildman–Crippen LogP) is 9.68. The number of aryl methyl sites for hydroxylation is 1. The van der Waals surface area contributed by atoms with Crippen molar-refractivity contribution in [2.24, 2.45) is 0 Å². The lowest BCUT2D eigenvalue weighted by Crippen LogP contribution is -2.10. The second-order valence-electron chi connectivity index (χ2n) is 11.1. The second-order valence-corrected chi connectivity index (χ2v) is 11.1. The molecule has 5 heteroatoms. The van der Waals surface area contributed by atoms with Crippen LogP contribution in [0, 0.1) is 6.92 Å². The van der Waals surface area contributed by atoms with Crippen molar-refractivity contribution in [3.63, 3.8) is 0 Å². The molecular formula is C42H37NO4. The summed E-state index contributed by atoms with van der Waals surface area (Å²) in [6.45, 7) is 9.38. The number of anilines is 3.